The first kappa shape index (κ1) is 62.9. The van der Waals surface area contributed by atoms with Crippen LogP contribution in [0.5, 0.6) is 0 Å². The van der Waals surface area contributed by atoms with Crippen molar-refractivity contribution in [3.05, 3.63) is 36.5 Å². The number of ether oxygens (including phenoxy) is 3. The molecule has 7 unspecified atom stereocenters. The molecule has 67 heavy (non-hydrogen) atoms. The SMILES string of the molecule is CCCCC/C=C/CC/C=C/CC/C=C/C(O)C(COC1OC(CO)C(O)C(O)C1O)NC(=O)CCCCCCCCCCCCCCCCCOC(=O)CCCCCCCCCCCCC. The minimum Gasteiger partial charge on any atom is -0.466 e. The predicted molar refractivity (Wildman–Crippen MR) is 274 cm³/mol. The van der Waals surface area contributed by atoms with Gasteiger partial charge in [0.1, 0.15) is 24.4 Å². The molecular weight excluding hydrogens is 847 g/mol. The van der Waals surface area contributed by atoms with Crippen LogP contribution in [0.2, 0.25) is 0 Å². The fourth-order valence-corrected chi connectivity index (χ4v) is 8.52. The van der Waals surface area contributed by atoms with E-state index in [1.54, 1.807) is 6.08 Å². The Morgan fingerprint density at radius 3 is 1.48 bits per heavy atom. The van der Waals surface area contributed by atoms with Crippen LogP contribution in [-0.2, 0) is 23.8 Å². The van der Waals surface area contributed by atoms with Gasteiger partial charge >= 0.3 is 5.97 Å². The van der Waals surface area contributed by atoms with Gasteiger partial charge in [0.15, 0.2) is 6.29 Å². The van der Waals surface area contributed by atoms with Crippen molar-refractivity contribution in [2.24, 2.45) is 0 Å². The van der Waals surface area contributed by atoms with Crippen LogP contribution in [0, 0.1) is 0 Å². The average Bonchev–Trinajstić information content (AvgIpc) is 3.32. The van der Waals surface area contributed by atoms with E-state index < -0.39 is 49.5 Å². The maximum atomic E-state index is 13.0. The lowest BCUT2D eigenvalue weighted by molar-refractivity contribution is -0.302. The van der Waals surface area contributed by atoms with Crippen LogP contribution in [0.1, 0.15) is 245 Å². The molecule has 0 aromatic rings. The summed E-state index contributed by atoms with van der Waals surface area (Å²) in [6.07, 6.45) is 45.0. The molecule has 7 atom stereocenters. The zero-order valence-corrected chi connectivity index (χ0v) is 42.9. The molecule has 1 heterocycles. The first-order valence-electron chi connectivity index (χ1n) is 27.8. The van der Waals surface area contributed by atoms with Gasteiger partial charge in [0.25, 0.3) is 0 Å². The molecule has 0 aromatic heterocycles. The van der Waals surface area contributed by atoms with Gasteiger partial charge in [-0.15, -0.1) is 0 Å². The molecule has 11 nitrogen and oxygen atoms in total. The number of carbonyl (C=O) groups excluding carboxylic acids is 2. The number of allylic oxidation sites excluding steroid dienone is 5. The first-order valence-corrected chi connectivity index (χ1v) is 27.8. The summed E-state index contributed by atoms with van der Waals surface area (Å²) in [5.41, 5.74) is 0. The Balaban J connectivity index is 2.16. The van der Waals surface area contributed by atoms with Crippen molar-refractivity contribution < 1.29 is 49.3 Å². The molecule has 392 valence electrons. The van der Waals surface area contributed by atoms with Gasteiger partial charge in [-0.05, 0) is 57.8 Å². The predicted octanol–water partition coefficient (Wildman–Crippen LogP) is 11.9. The van der Waals surface area contributed by atoms with Crippen molar-refractivity contribution in [2.75, 3.05) is 19.8 Å². The second kappa shape index (κ2) is 46.3. The van der Waals surface area contributed by atoms with Crippen LogP contribution in [0.4, 0.5) is 0 Å². The maximum absolute atomic E-state index is 13.0. The fraction of sp³-hybridized carbons (Fsp3) is 0.857. The highest BCUT2D eigenvalue weighted by Gasteiger charge is 2.44. The van der Waals surface area contributed by atoms with Crippen LogP contribution in [-0.4, -0.2) is 100 Å². The first-order chi connectivity index (χ1) is 32.7. The third-order valence-electron chi connectivity index (χ3n) is 13.0. The number of aliphatic hydroxyl groups excluding tert-OH is 5. The summed E-state index contributed by atoms with van der Waals surface area (Å²) < 4.78 is 16.7. The second-order valence-electron chi connectivity index (χ2n) is 19.3. The van der Waals surface area contributed by atoms with E-state index in [1.807, 2.05) is 6.08 Å². The van der Waals surface area contributed by atoms with Gasteiger partial charge in [-0.25, -0.2) is 0 Å². The van der Waals surface area contributed by atoms with Crippen LogP contribution in [0.3, 0.4) is 0 Å². The third kappa shape index (κ3) is 36.5. The van der Waals surface area contributed by atoms with Crippen LogP contribution >= 0.6 is 0 Å². The van der Waals surface area contributed by atoms with Crippen LogP contribution in [0.15, 0.2) is 36.5 Å². The van der Waals surface area contributed by atoms with Crippen molar-refractivity contribution in [2.45, 2.75) is 288 Å². The lowest BCUT2D eigenvalue weighted by atomic mass is 9.99. The van der Waals surface area contributed by atoms with Gasteiger partial charge < -0.3 is 45.1 Å². The molecular formula is C56H103NO10. The highest BCUT2D eigenvalue weighted by molar-refractivity contribution is 5.76. The summed E-state index contributed by atoms with van der Waals surface area (Å²) >= 11 is 0. The lowest BCUT2D eigenvalue weighted by Gasteiger charge is -2.40. The summed E-state index contributed by atoms with van der Waals surface area (Å²) in [6.45, 7) is 4.25. The molecule has 0 spiro atoms. The van der Waals surface area contributed by atoms with Gasteiger partial charge in [-0.3, -0.25) is 9.59 Å². The molecule has 0 aliphatic carbocycles. The highest BCUT2D eigenvalue weighted by Crippen LogP contribution is 2.23. The molecule has 0 radical (unpaired) electrons. The quantitative estimate of drug-likeness (QED) is 0.0196. The van der Waals surface area contributed by atoms with Crippen LogP contribution < -0.4 is 5.32 Å². The molecule has 6 N–H and O–H groups in total. The largest absolute Gasteiger partial charge is 0.466 e. The summed E-state index contributed by atoms with van der Waals surface area (Å²) in [4.78, 5) is 25.0. The Hall–Kier alpha value is -2.12. The van der Waals surface area contributed by atoms with Crippen LogP contribution in [0.25, 0.3) is 0 Å². The number of rotatable bonds is 47. The molecule has 0 saturated carbocycles. The Labute approximate surface area is 409 Å². The lowest BCUT2D eigenvalue weighted by Crippen LogP contribution is -2.60. The summed E-state index contributed by atoms with van der Waals surface area (Å²) in [7, 11) is 0. The molecule has 0 bridgehead atoms. The minimum atomic E-state index is -1.58. The van der Waals surface area contributed by atoms with Crippen molar-refractivity contribution in [3.63, 3.8) is 0 Å². The summed E-state index contributed by atoms with van der Waals surface area (Å²) in [5, 5.41) is 54.3. The van der Waals surface area contributed by atoms with E-state index in [1.165, 1.54) is 135 Å². The van der Waals surface area contributed by atoms with E-state index in [4.69, 9.17) is 14.2 Å². The van der Waals surface area contributed by atoms with Crippen molar-refractivity contribution in [1.29, 1.82) is 0 Å². The van der Waals surface area contributed by atoms with Crippen molar-refractivity contribution in [1.82, 2.24) is 5.32 Å². The van der Waals surface area contributed by atoms with Gasteiger partial charge in [0.05, 0.1) is 32.0 Å². The number of amides is 1. The van der Waals surface area contributed by atoms with Gasteiger partial charge in [0.2, 0.25) is 5.91 Å². The number of aliphatic hydroxyl groups is 5. The molecule has 1 rings (SSSR count). The molecule has 1 fully saturated rings. The normalized spacial score (nSPS) is 19.8. The zero-order valence-electron chi connectivity index (χ0n) is 42.9. The van der Waals surface area contributed by atoms with E-state index in [0.717, 1.165) is 83.5 Å². The Bertz CT molecular complexity index is 1210. The molecule has 1 saturated heterocycles. The maximum Gasteiger partial charge on any atom is 0.305 e. The highest BCUT2D eigenvalue weighted by atomic mass is 16.7. The summed E-state index contributed by atoms with van der Waals surface area (Å²) in [6, 6.07) is -0.840. The van der Waals surface area contributed by atoms with E-state index >= 15 is 0 Å². The smallest absolute Gasteiger partial charge is 0.305 e. The average molecular weight is 950 g/mol. The molecule has 1 aliphatic rings. The Morgan fingerprint density at radius 1 is 0.537 bits per heavy atom. The molecule has 11 heteroatoms. The standard InChI is InChI=1S/C56H103NO10/c1-3-5-7-9-11-13-15-19-23-26-30-34-38-42-49(59)48(47-66-56-55(64)54(63)53(62)50(46-58)67-56)57-51(60)43-39-35-31-27-24-20-17-16-18-21-25-29-33-37-41-45-65-52(61)44-40-36-32-28-22-14-12-10-8-6-4-2/h11,13,23,26,38,42,48-50,53-56,58-59,62-64H,3-10,12,14-22,24-25,27-37,39-41,43-47H2,1-2H3,(H,57,60)/b13-11+,26-23+,42-38+. The van der Waals surface area contributed by atoms with Crippen molar-refractivity contribution in [3.8, 4) is 0 Å². The Kier molecular flexibility index (Phi) is 43.4. The van der Waals surface area contributed by atoms with Gasteiger partial charge in [-0.1, -0.05) is 211 Å². The molecule has 1 aliphatic heterocycles. The topological polar surface area (TPSA) is 175 Å². The number of esters is 1. The monoisotopic (exact) mass is 950 g/mol. The van der Waals surface area contributed by atoms with Gasteiger partial charge in [0, 0.05) is 12.8 Å². The van der Waals surface area contributed by atoms with E-state index in [9.17, 15) is 35.1 Å². The fourth-order valence-electron chi connectivity index (χ4n) is 8.52. The number of unbranched alkanes of at least 4 members (excludes halogenated alkanes) is 29. The number of nitrogens with one attached hydrogen (secondary N) is 1. The zero-order chi connectivity index (χ0) is 48.8. The second-order valence-corrected chi connectivity index (χ2v) is 19.3. The number of carbonyl (C=O) groups is 2. The third-order valence-corrected chi connectivity index (χ3v) is 13.0. The van der Waals surface area contributed by atoms with E-state index in [2.05, 4.69) is 43.5 Å². The van der Waals surface area contributed by atoms with Crippen molar-refractivity contribution >= 4 is 11.9 Å². The number of hydrogen-bond donors (Lipinski definition) is 6. The summed E-state index contributed by atoms with van der Waals surface area (Å²) in [5.74, 6) is -0.226. The Morgan fingerprint density at radius 2 is 0.970 bits per heavy atom. The molecule has 1 amide bonds. The van der Waals surface area contributed by atoms with E-state index in [0.29, 0.717) is 19.4 Å². The minimum absolute atomic E-state index is 0.0207. The van der Waals surface area contributed by atoms with E-state index in [-0.39, 0.29) is 18.5 Å². The molecule has 0 aromatic carbocycles. The number of hydrogen-bond acceptors (Lipinski definition) is 10. The van der Waals surface area contributed by atoms with Gasteiger partial charge in [-0.2, -0.15) is 0 Å².